The molecule has 0 aromatic heterocycles. The average Bonchev–Trinajstić information content (AvgIpc) is 2.31. The molecule has 1 aromatic carbocycles. The van der Waals surface area contributed by atoms with E-state index in [1.54, 1.807) is 6.92 Å². The Bertz CT molecular complexity index is 438. The van der Waals surface area contributed by atoms with Crippen LogP contribution >= 0.6 is 0 Å². The van der Waals surface area contributed by atoms with Crippen molar-refractivity contribution in [3.63, 3.8) is 0 Å². The first-order chi connectivity index (χ1) is 8.49. The summed E-state index contributed by atoms with van der Waals surface area (Å²) >= 11 is 0. The summed E-state index contributed by atoms with van der Waals surface area (Å²) < 4.78 is 44.4. The van der Waals surface area contributed by atoms with E-state index in [0.717, 1.165) is 6.07 Å². The van der Waals surface area contributed by atoms with Gasteiger partial charge in [0.1, 0.15) is 5.82 Å². The Morgan fingerprint density at radius 3 is 2.61 bits per heavy atom. The van der Waals surface area contributed by atoms with Crippen molar-refractivity contribution < 1.29 is 28.4 Å². The lowest BCUT2D eigenvalue weighted by Gasteiger charge is -2.14. The normalized spacial score (nSPS) is 12.3. The number of carbonyl (C=O) groups is 1. The topological polar surface area (TPSA) is 53.9 Å². The Morgan fingerprint density at radius 1 is 1.39 bits per heavy atom. The minimum atomic E-state index is -1.27. The molecule has 0 heterocycles. The summed E-state index contributed by atoms with van der Waals surface area (Å²) in [6.45, 7) is 1.97. The Hall–Kier alpha value is -1.56. The third kappa shape index (κ3) is 3.46. The molecule has 1 unspecified atom stereocenters. The molecule has 3 N–H and O–H groups in total. The summed E-state index contributed by atoms with van der Waals surface area (Å²) in [5, 5.41) is 0. The molecular formula is C12H15F3NO2+. The summed E-state index contributed by atoms with van der Waals surface area (Å²) in [6, 6.07) is 1.34. The third-order valence-corrected chi connectivity index (χ3v) is 2.53. The molecule has 0 radical (unpaired) electrons. The molecule has 0 amide bonds. The molecular weight excluding hydrogens is 247 g/mol. The first-order valence-corrected chi connectivity index (χ1v) is 5.58. The van der Waals surface area contributed by atoms with E-state index in [2.05, 4.69) is 5.73 Å². The van der Waals surface area contributed by atoms with Gasteiger partial charge >= 0.3 is 5.97 Å². The van der Waals surface area contributed by atoms with Crippen molar-refractivity contribution in [2.75, 3.05) is 13.2 Å². The van der Waals surface area contributed by atoms with E-state index in [9.17, 15) is 18.0 Å². The molecule has 0 spiro atoms. The molecule has 0 aliphatic carbocycles. The van der Waals surface area contributed by atoms with Crippen LogP contribution in [0.15, 0.2) is 12.1 Å². The molecule has 0 bridgehead atoms. The van der Waals surface area contributed by atoms with Crippen molar-refractivity contribution in [3.05, 3.63) is 35.1 Å². The van der Waals surface area contributed by atoms with E-state index in [0.29, 0.717) is 6.07 Å². The van der Waals surface area contributed by atoms with Gasteiger partial charge in [0.15, 0.2) is 11.6 Å². The van der Waals surface area contributed by atoms with Crippen LogP contribution in [0.4, 0.5) is 13.2 Å². The van der Waals surface area contributed by atoms with Crippen LogP contribution in [-0.2, 0) is 9.53 Å². The molecule has 0 saturated carbocycles. The second-order valence-electron chi connectivity index (χ2n) is 3.79. The van der Waals surface area contributed by atoms with E-state index in [4.69, 9.17) is 4.74 Å². The molecule has 0 aliphatic rings. The molecule has 100 valence electrons. The number of benzene rings is 1. The molecule has 1 atom stereocenters. The zero-order valence-electron chi connectivity index (χ0n) is 10.0. The zero-order chi connectivity index (χ0) is 13.7. The van der Waals surface area contributed by atoms with E-state index in [1.807, 2.05) is 0 Å². The van der Waals surface area contributed by atoms with Gasteiger partial charge in [0, 0.05) is 17.5 Å². The largest absolute Gasteiger partial charge is 0.466 e. The van der Waals surface area contributed by atoms with Crippen molar-refractivity contribution in [2.24, 2.45) is 0 Å². The monoisotopic (exact) mass is 262 g/mol. The highest BCUT2D eigenvalue weighted by Gasteiger charge is 2.23. The molecule has 1 rings (SSSR count). The van der Waals surface area contributed by atoms with Gasteiger partial charge in [0.05, 0.1) is 19.6 Å². The van der Waals surface area contributed by atoms with Crippen LogP contribution in [0, 0.1) is 17.5 Å². The van der Waals surface area contributed by atoms with Gasteiger partial charge in [-0.3, -0.25) is 4.79 Å². The van der Waals surface area contributed by atoms with E-state index in [1.165, 1.54) is 0 Å². The van der Waals surface area contributed by atoms with Gasteiger partial charge in [0.25, 0.3) is 0 Å². The van der Waals surface area contributed by atoms with Crippen molar-refractivity contribution >= 4 is 5.97 Å². The smallest absolute Gasteiger partial charge is 0.306 e. The number of hydrogen-bond acceptors (Lipinski definition) is 2. The highest BCUT2D eigenvalue weighted by Crippen LogP contribution is 2.24. The minimum absolute atomic E-state index is 0.138. The highest BCUT2D eigenvalue weighted by atomic mass is 19.2. The molecule has 0 aliphatic heterocycles. The average molecular weight is 262 g/mol. The molecule has 0 saturated heterocycles. The first kappa shape index (κ1) is 14.5. The maximum Gasteiger partial charge on any atom is 0.306 e. The molecule has 6 heteroatoms. The molecule has 1 aromatic rings. The SMILES string of the molecule is CCOC(=O)CC(C[NH3+])c1cc(F)cc(F)c1F. The van der Waals surface area contributed by atoms with Gasteiger partial charge in [-0.1, -0.05) is 0 Å². The summed E-state index contributed by atoms with van der Waals surface area (Å²) in [4.78, 5) is 11.3. The maximum absolute atomic E-state index is 13.5. The lowest BCUT2D eigenvalue weighted by atomic mass is 9.95. The Labute approximate surface area is 103 Å². The van der Waals surface area contributed by atoms with Gasteiger partial charge in [0.2, 0.25) is 0 Å². The van der Waals surface area contributed by atoms with Gasteiger partial charge in [-0.2, -0.15) is 0 Å². The Kier molecular flexibility index (Phi) is 5.15. The standard InChI is InChI=1S/C12H14F3NO2/c1-2-18-11(17)3-7(6-16)9-4-8(13)5-10(14)12(9)15/h4-5,7H,2-3,6,16H2,1H3/p+1. The third-order valence-electron chi connectivity index (χ3n) is 2.53. The molecule has 0 fully saturated rings. The van der Waals surface area contributed by atoms with E-state index >= 15 is 0 Å². The number of carbonyl (C=O) groups excluding carboxylic acids is 1. The molecule has 18 heavy (non-hydrogen) atoms. The highest BCUT2D eigenvalue weighted by molar-refractivity contribution is 5.70. The number of esters is 1. The second-order valence-corrected chi connectivity index (χ2v) is 3.79. The van der Waals surface area contributed by atoms with Gasteiger partial charge in [-0.05, 0) is 13.0 Å². The number of halogens is 3. The minimum Gasteiger partial charge on any atom is -0.466 e. The van der Waals surface area contributed by atoms with E-state index < -0.39 is 29.3 Å². The van der Waals surface area contributed by atoms with Crippen molar-refractivity contribution in [2.45, 2.75) is 19.3 Å². The summed E-state index contributed by atoms with van der Waals surface area (Å²) in [5.41, 5.74) is 3.37. The van der Waals surface area contributed by atoms with E-state index in [-0.39, 0.29) is 25.1 Å². The quantitative estimate of drug-likeness (QED) is 0.644. The van der Waals surface area contributed by atoms with Crippen LogP contribution in [0.2, 0.25) is 0 Å². The maximum atomic E-state index is 13.5. The van der Waals surface area contributed by atoms with Gasteiger partial charge in [-0.25, -0.2) is 13.2 Å². The Morgan fingerprint density at radius 2 is 2.06 bits per heavy atom. The van der Waals surface area contributed by atoms with Gasteiger partial charge < -0.3 is 10.5 Å². The number of quaternary nitrogens is 1. The summed E-state index contributed by atoms with van der Waals surface area (Å²) in [5.74, 6) is -4.54. The van der Waals surface area contributed by atoms with Crippen LogP contribution in [0.5, 0.6) is 0 Å². The Balaban J connectivity index is 2.98. The lowest BCUT2D eigenvalue weighted by molar-refractivity contribution is -0.372. The van der Waals surface area contributed by atoms with Crippen molar-refractivity contribution in [1.82, 2.24) is 0 Å². The predicted octanol–water partition coefficient (Wildman–Crippen LogP) is 1.38. The van der Waals surface area contributed by atoms with Crippen LogP contribution in [0.1, 0.15) is 24.8 Å². The fraction of sp³-hybridized carbons (Fsp3) is 0.417. The first-order valence-electron chi connectivity index (χ1n) is 5.58. The predicted molar refractivity (Wildman–Crippen MR) is 58.1 cm³/mol. The fourth-order valence-electron chi connectivity index (χ4n) is 1.66. The van der Waals surface area contributed by atoms with Crippen LogP contribution in [0.25, 0.3) is 0 Å². The van der Waals surface area contributed by atoms with Crippen LogP contribution < -0.4 is 5.73 Å². The number of ether oxygens (including phenoxy) is 1. The lowest BCUT2D eigenvalue weighted by Crippen LogP contribution is -2.53. The number of hydrogen-bond donors (Lipinski definition) is 1. The molecule has 3 nitrogen and oxygen atoms in total. The summed E-state index contributed by atoms with van der Waals surface area (Å²) in [6.07, 6.45) is -0.156. The van der Waals surface area contributed by atoms with Gasteiger partial charge in [-0.15, -0.1) is 0 Å². The fourth-order valence-corrected chi connectivity index (χ4v) is 1.66. The van der Waals surface area contributed by atoms with Crippen LogP contribution in [0.3, 0.4) is 0 Å². The van der Waals surface area contributed by atoms with Crippen LogP contribution in [-0.4, -0.2) is 19.1 Å². The number of rotatable bonds is 5. The zero-order valence-corrected chi connectivity index (χ0v) is 10.0. The van der Waals surface area contributed by atoms with Crippen molar-refractivity contribution in [1.29, 1.82) is 0 Å². The van der Waals surface area contributed by atoms with Crippen molar-refractivity contribution in [3.8, 4) is 0 Å². The second kappa shape index (κ2) is 6.39. The summed E-state index contributed by atoms with van der Waals surface area (Å²) in [7, 11) is 0.